The average molecular weight is 221 g/mol. The van der Waals surface area contributed by atoms with Crippen LogP contribution in [-0.4, -0.2) is 24.3 Å². The fraction of sp³-hybridized carbons (Fsp3) is 0.571. The third kappa shape index (κ3) is 5.29. The van der Waals surface area contributed by atoms with Gasteiger partial charge in [0.15, 0.2) is 0 Å². The summed E-state index contributed by atoms with van der Waals surface area (Å²) in [5.74, 6) is 0.626. The molecule has 0 aliphatic carbocycles. The van der Waals surface area contributed by atoms with Crippen LogP contribution in [0.4, 0.5) is 0 Å². The highest BCUT2D eigenvalue weighted by molar-refractivity contribution is 5.14. The lowest BCUT2D eigenvalue weighted by Crippen LogP contribution is -2.35. The molecule has 90 valence electrons. The largest absolute Gasteiger partial charge is 0.395 e. The van der Waals surface area contributed by atoms with Gasteiger partial charge in [0.25, 0.3) is 0 Å². The lowest BCUT2D eigenvalue weighted by atomic mass is 10.0. The smallest absolute Gasteiger partial charge is 0.0584 e. The van der Waals surface area contributed by atoms with Crippen molar-refractivity contribution in [1.29, 1.82) is 0 Å². The summed E-state index contributed by atoms with van der Waals surface area (Å²) in [5, 5.41) is 12.6. The van der Waals surface area contributed by atoms with Crippen molar-refractivity contribution in [1.82, 2.24) is 5.32 Å². The van der Waals surface area contributed by atoms with E-state index in [1.165, 1.54) is 5.56 Å². The molecule has 0 aliphatic rings. The number of nitrogens with one attached hydrogen (secondary N) is 1. The molecule has 0 saturated heterocycles. The Bertz CT molecular complexity index is 271. The Kier molecular flexibility index (Phi) is 6.12. The standard InChI is InChI=1S/C14H23NO/c1-12(2)10-14(11-16)15-9-8-13-6-4-3-5-7-13/h3-7,12,14-16H,8-11H2,1-2H3. The average Bonchev–Trinajstić information content (AvgIpc) is 2.28. The molecule has 0 spiro atoms. The molecule has 1 aromatic carbocycles. The van der Waals surface area contributed by atoms with Crippen molar-refractivity contribution in [2.45, 2.75) is 32.7 Å². The van der Waals surface area contributed by atoms with Gasteiger partial charge in [-0.25, -0.2) is 0 Å². The van der Waals surface area contributed by atoms with E-state index in [9.17, 15) is 5.11 Å². The highest BCUT2D eigenvalue weighted by Crippen LogP contribution is 2.04. The Morgan fingerprint density at radius 2 is 1.88 bits per heavy atom. The first kappa shape index (κ1) is 13.2. The summed E-state index contributed by atoms with van der Waals surface area (Å²) in [5.41, 5.74) is 1.34. The topological polar surface area (TPSA) is 32.3 Å². The highest BCUT2D eigenvalue weighted by Gasteiger charge is 2.08. The van der Waals surface area contributed by atoms with E-state index < -0.39 is 0 Å². The normalized spacial score (nSPS) is 13.0. The zero-order chi connectivity index (χ0) is 11.8. The maximum Gasteiger partial charge on any atom is 0.0584 e. The molecule has 0 saturated carbocycles. The third-order valence-electron chi connectivity index (χ3n) is 2.67. The van der Waals surface area contributed by atoms with Crippen LogP contribution in [0, 0.1) is 5.92 Å². The summed E-state index contributed by atoms with van der Waals surface area (Å²) in [6.07, 6.45) is 2.06. The van der Waals surface area contributed by atoms with Crippen LogP contribution in [0.1, 0.15) is 25.8 Å². The molecule has 0 bridgehead atoms. The Morgan fingerprint density at radius 3 is 2.44 bits per heavy atom. The molecular formula is C14H23NO. The van der Waals surface area contributed by atoms with Gasteiger partial charge in [0.2, 0.25) is 0 Å². The van der Waals surface area contributed by atoms with Gasteiger partial charge in [0.05, 0.1) is 6.61 Å². The highest BCUT2D eigenvalue weighted by atomic mass is 16.3. The Balaban J connectivity index is 2.23. The Labute approximate surface area is 98.7 Å². The van der Waals surface area contributed by atoms with Crippen molar-refractivity contribution in [2.75, 3.05) is 13.2 Å². The Hall–Kier alpha value is -0.860. The fourth-order valence-electron chi connectivity index (χ4n) is 1.86. The van der Waals surface area contributed by atoms with Crippen LogP contribution >= 0.6 is 0 Å². The van der Waals surface area contributed by atoms with Crippen molar-refractivity contribution in [3.05, 3.63) is 35.9 Å². The van der Waals surface area contributed by atoms with Crippen LogP contribution in [0.25, 0.3) is 0 Å². The van der Waals surface area contributed by atoms with E-state index in [0.29, 0.717) is 5.92 Å². The summed E-state index contributed by atoms with van der Waals surface area (Å²) in [7, 11) is 0. The fourth-order valence-corrected chi connectivity index (χ4v) is 1.86. The van der Waals surface area contributed by atoms with Gasteiger partial charge in [-0.1, -0.05) is 44.2 Å². The van der Waals surface area contributed by atoms with Gasteiger partial charge >= 0.3 is 0 Å². The molecule has 16 heavy (non-hydrogen) atoms. The monoisotopic (exact) mass is 221 g/mol. The van der Waals surface area contributed by atoms with E-state index in [-0.39, 0.29) is 12.6 Å². The minimum Gasteiger partial charge on any atom is -0.395 e. The van der Waals surface area contributed by atoms with Crippen molar-refractivity contribution < 1.29 is 5.11 Å². The van der Waals surface area contributed by atoms with Crippen molar-refractivity contribution in [2.24, 2.45) is 5.92 Å². The zero-order valence-corrected chi connectivity index (χ0v) is 10.3. The van der Waals surface area contributed by atoms with Gasteiger partial charge in [0, 0.05) is 6.04 Å². The van der Waals surface area contributed by atoms with E-state index in [1.54, 1.807) is 0 Å². The van der Waals surface area contributed by atoms with Gasteiger partial charge in [-0.2, -0.15) is 0 Å². The number of benzene rings is 1. The predicted molar refractivity (Wildman–Crippen MR) is 68.5 cm³/mol. The van der Waals surface area contributed by atoms with Crippen LogP contribution in [0.3, 0.4) is 0 Å². The molecule has 0 heterocycles. The molecule has 2 N–H and O–H groups in total. The number of hydrogen-bond acceptors (Lipinski definition) is 2. The van der Waals surface area contributed by atoms with E-state index in [2.05, 4.69) is 43.4 Å². The molecule has 2 nitrogen and oxygen atoms in total. The zero-order valence-electron chi connectivity index (χ0n) is 10.3. The second kappa shape index (κ2) is 7.42. The molecule has 2 heteroatoms. The molecule has 1 unspecified atom stereocenters. The summed E-state index contributed by atoms with van der Waals surface area (Å²) < 4.78 is 0. The third-order valence-corrected chi connectivity index (χ3v) is 2.67. The van der Waals surface area contributed by atoms with Crippen LogP contribution < -0.4 is 5.32 Å². The number of aliphatic hydroxyl groups excluding tert-OH is 1. The summed E-state index contributed by atoms with van der Waals surface area (Å²) >= 11 is 0. The molecule has 1 aromatic rings. The molecular weight excluding hydrogens is 198 g/mol. The maximum atomic E-state index is 9.21. The summed E-state index contributed by atoms with van der Waals surface area (Å²) in [6.45, 7) is 5.53. The Morgan fingerprint density at radius 1 is 1.19 bits per heavy atom. The molecule has 0 fully saturated rings. The van der Waals surface area contributed by atoms with E-state index in [4.69, 9.17) is 0 Å². The quantitative estimate of drug-likeness (QED) is 0.740. The first-order valence-electron chi connectivity index (χ1n) is 6.10. The second-order valence-corrected chi connectivity index (χ2v) is 4.70. The first-order valence-corrected chi connectivity index (χ1v) is 6.10. The second-order valence-electron chi connectivity index (χ2n) is 4.70. The van der Waals surface area contributed by atoms with Gasteiger partial charge in [-0.15, -0.1) is 0 Å². The molecule has 0 aliphatic heterocycles. The lowest BCUT2D eigenvalue weighted by molar-refractivity contribution is 0.225. The SMILES string of the molecule is CC(C)CC(CO)NCCc1ccccc1. The first-order chi connectivity index (χ1) is 7.72. The van der Waals surface area contributed by atoms with Gasteiger partial charge in [0.1, 0.15) is 0 Å². The minimum atomic E-state index is 0.229. The van der Waals surface area contributed by atoms with Gasteiger partial charge in [-0.05, 0) is 30.9 Å². The molecule has 0 aromatic heterocycles. The van der Waals surface area contributed by atoms with Crippen LogP contribution in [-0.2, 0) is 6.42 Å². The van der Waals surface area contributed by atoms with Crippen LogP contribution in [0.5, 0.6) is 0 Å². The van der Waals surface area contributed by atoms with E-state index in [0.717, 1.165) is 19.4 Å². The minimum absolute atomic E-state index is 0.229. The van der Waals surface area contributed by atoms with Crippen molar-refractivity contribution in [3.63, 3.8) is 0 Å². The molecule has 0 amide bonds. The van der Waals surface area contributed by atoms with E-state index >= 15 is 0 Å². The molecule has 0 radical (unpaired) electrons. The lowest BCUT2D eigenvalue weighted by Gasteiger charge is -2.18. The van der Waals surface area contributed by atoms with Crippen molar-refractivity contribution in [3.8, 4) is 0 Å². The maximum absolute atomic E-state index is 9.21. The van der Waals surface area contributed by atoms with Crippen molar-refractivity contribution >= 4 is 0 Å². The molecule has 1 rings (SSSR count). The van der Waals surface area contributed by atoms with Gasteiger partial charge in [-0.3, -0.25) is 0 Å². The van der Waals surface area contributed by atoms with Crippen LogP contribution in [0.2, 0.25) is 0 Å². The number of rotatable bonds is 7. The summed E-state index contributed by atoms with van der Waals surface area (Å²) in [6, 6.07) is 10.7. The van der Waals surface area contributed by atoms with Gasteiger partial charge < -0.3 is 10.4 Å². The van der Waals surface area contributed by atoms with E-state index in [1.807, 2.05) is 6.07 Å². The number of aliphatic hydroxyl groups is 1. The summed E-state index contributed by atoms with van der Waals surface area (Å²) in [4.78, 5) is 0. The number of hydrogen-bond donors (Lipinski definition) is 2. The molecule has 1 atom stereocenters. The van der Waals surface area contributed by atoms with Crippen LogP contribution in [0.15, 0.2) is 30.3 Å². The predicted octanol–water partition coefficient (Wildman–Crippen LogP) is 2.23.